The van der Waals surface area contributed by atoms with Crippen molar-refractivity contribution in [2.45, 2.75) is 18.6 Å². The van der Waals surface area contributed by atoms with E-state index >= 15 is 0 Å². The number of nitrogens with zero attached hydrogens (tertiary/aromatic N) is 1. The molecule has 3 heterocycles. The molecule has 1 aromatic heterocycles. The number of aromatic nitrogens is 1. The van der Waals surface area contributed by atoms with E-state index in [-0.39, 0.29) is 28.0 Å². The number of rotatable bonds is 1. The summed E-state index contributed by atoms with van der Waals surface area (Å²) >= 11 is 6.85. The van der Waals surface area contributed by atoms with Crippen LogP contribution in [0.25, 0.3) is 0 Å². The van der Waals surface area contributed by atoms with Gasteiger partial charge in [-0.15, -0.1) is 0 Å². The number of amides is 1. The van der Waals surface area contributed by atoms with Crippen molar-refractivity contribution in [1.29, 1.82) is 0 Å². The average Bonchev–Trinajstić information content (AvgIpc) is 2.78. The monoisotopic (exact) mass is 304 g/mol. The second-order valence-corrected chi connectivity index (χ2v) is 5.71. The lowest BCUT2D eigenvalue weighted by Crippen LogP contribution is -2.57. The SMILES string of the molecule is O=C(c1s[nH]c(=O)c1Cl)N1CCO[C@@H]2COCC[C@@H]21. The van der Waals surface area contributed by atoms with Gasteiger partial charge in [-0.1, -0.05) is 23.1 Å². The van der Waals surface area contributed by atoms with Gasteiger partial charge in [0.1, 0.15) is 16.0 Å². The minimum Gasteiger partial charge on any atom is -0.379 e. The molecule has 0 bridgehead atoms. The van der Waals surface area contributed by atoms with Crippen LogP contribution in [0.4, 0.5) is 0 Å². The first-order valence-corrected chi connectivity index (χ1v) is 7.25. The fourth-order valence-corrected chi connectivity index (χ4v) is 3.48. The molecule has 2 fully saturated rings. The third-order valence-corrected chi connectivity index (χ3v) is 4.78. The summed E-state index contributed by atoms with van der Waals surface area (Å²) in [6, 6.07) is 0.00303. The summed E-state index contributed by atoms with van der Waals surface area (Å²) in [4.78, 5) is 25.8. The first-order chi connectivity index (χ1) is 9.18. The highest BCUT2D eigenvalue weighted by Gasteiger charge is 2.38. The molecule has 2 saturated heterocycles. The Labute approximate surface area is 118 Å². The first kappa shape index (κ1) is 13.1. The smallest absolute Gasteiger partial charge is 0.277 e. The van der Waals surface area contributed by atoms with E-state index in [4.69, 9.17) is 21.1 Å². The van der Waals surface area contributed by atoms with Crippen LogP contribution >= 0.6 is 23.1 Å². The zero-order chi connectivity index (χ0) is 13.4. The Morgan fingerprint density at radius 2 is 2.32 bits per heavy atom. The van der Waals surface area contributed by atoms with Crippen molar-refractivity contribution in [2.75, 3.05) is 26.4 Å². The summed E-state index contributed by atoms with van der Waals surface area (Å²) in [5, 5.41) is -0.0231. The molecule has 0 radical (unpaired) electrons. The zero-order valence-corrected chi connectivity index (χ0v) is 11.6. The molecule has 0 aliphatic carbocycles. The highest BCUT2D eigenvalue weighted by molar-refractivity contribution is 7.08. The number of H-pyrrole nitrogens is 1. The number of ether oxygens (including phenoxy) is 2. The molecule has 1 aromatic rings. The average molecular weight is 305 g/mol. The number of hydrogen-bond acceptors (Lipinski definition) is 5. The Morgan fingerprint density at radius 3 is 3.05 bits per heavy atom. The molecule has 1 N–H and O–H groups in total. The van der Waals surface area contributed by atoms with Gasteiger partial charge in [0.25, 0.3) is 11.5 Å². The Hall–Kier alpha value is -0.890. The lowest BCUT2D eigenvalue weighted by atomic mass is 10.0. The van der Waals surface area contributed by atoms with Gasteiger partial charge in [0.05, 0.1) is 19.3 Å². The van der Waals surface area contributed by atoms with Crippen LogP contribution in [0, 0.1) is 0 Å². The van der Waals surface area contributed by atoms with Crippen molar-refractivity contribution >= 4 is 29.0 Å². The summed E-state index contributed by atoms with van der Waals surface area (Å²) in [6.07, 6.45) is 0.661. The fraction of sp³-hybridized carbons (Fsp3) is 0.636. The van der Waals surface area contributed by atoms with Crippen LogP contribution in [-0.2, 0) is 9.47 Å². The van der Waals surface area contributed by atoms with Crippen LogP contribution < -0.4 is 5.56 Å². The summed E-state index contributed by atoms with van der Waals surface area (Å²) in [6.45, 7) is 2.12. The molecule has 0 spiro atoms. The van der Waals surface area contributed by atoms with Crippen molar-refractivity contribution < 1.29 is 14.3 Å². The summed E-state index contributed by atoms with van der Waals surface area (Å²) in [5.41, 5.74) is -0.410. The third kappa shape index (κ3) is 2.31. The zero-order valence-electron chi connectivity index (χ0n) is 10.1. The van der Waals surface area contributed by atoms with E-state index in [0.717, 1.165) is 18.0 Å². The second kappa shape index (κ2) is 5.24. The molecule has 104 valence electrons. The van der Waals surface area contributed by atoms with Crippen LogP contribution in [0.3, 0.4) is 0 Å². The number of hydrogen-bond donors (Lipinski definition) is 1. The van der Waals surface area contributed by atoms with Crippen molar-refractivity contribution in [2.24, 2.45) is 0 Å². The van der Waals surface area contributed by atoms with Crippen molar-refractivity contribution in [3.8, 4) is 0 Å². The lowest BCUT2D eigenvalue weighted by Gasteiger charge is -2.43. The summed E-state index contributed by atoms with van der Waals surface area (Å²) in [5.74, 6) is -0.200. The van der Waals surface area contributed by atoms with E-state index in [2.05, 4.69) is 4.37 Å². The lowest BCUT2D eigenvalue weighted by molar-refractivity contribution is -0.124. The number of nitrogens with one attached hydrogen (secondary N) is 1. The Bertz CT molecular complexity index is 541. The van der Waals surface area contributed by atoms with Crippen molar-refractivity contribution in [3.63, 3.8) is 0 Å². The largest absolute Gasteiger partial charge is 0.379 e. The minimum atomic E-state index is -0.410. The molecule has 0 unspecified atom stereocenters. The van der Waals surface area contributed by atoms with Crippen LogP contribution in [0.1, 0.15) is 16.1 Å². The molecule has 1 amide bonds. The van der Waals surface area contributed by atoms with Crippen LogP contribution in [0.15, 0.2) is 4.79 Å². The van der Waals surface area contributed by atoms with E-state index in [1.165, 1.54) is 0 Å². The molecular formula is C11H13ClN2O4S. The number of fused-ring (bicyclic) bond motifs is 1. The first-order valence-electron chi connectivity index (χ1n) is 6.06. The standard InChI is InChI=1S/C11H13ClN2O4S/c12-8-9(19-13-10(8)15)11(16)14-2-4-18-7-5-17-3-1-6(7)14/h6-7H,1-5H2,(H,13,15)/t6-,7+/m0/s1. The minimum absolute atomic E-state index is 0.00303. The van der Waals surface area contributed by atoms with E-state index in [9.17, 15) is 9.59 Å². The number of aromatic amines is 1. The molecule has 0 aromatic carbocycles. The molecule has 3 rings (SSSR count). The van der Waals surface area contributed by atoms with Gasteiger partial charge in [0.15, 0.2) is 0 Å². The number of halogens is 1. The predicted octanol–water partition coefficient (Wildman–Crippen LogP) is 0.720. The van der Waals surface area contributed by atoms with Gasteiger partial charge >= 0.3 is 0 Å². The van der Waals surface area contributed by atoms with Crippen LogP contribution in [0.5, 0.6) is 0 Å². The Balaban J connectivity index is 1.86. The van der Waals surface area contributed by atoms with E-state index in [1.54, 1.807) is 4.90 Å². The molecule has 19 heavy (non-hydrogen) atoms. The highest BCUT2D eigenvalue weighted by Crippen LogP contribution is 2.26. The Morgan fingerprint density at radius 1 is 1.47 bits per heavy atom. The highest BCUT2D eigenvalue weighted by atomic mass is 35.5. The van der Waals surface area contributed by atoms with Gasteiger partial charge in [-0.3, -0.25) is 14.0 Å². The van der Waals surface area contributed by atoms with Crippen LogP contribution in [-0.4, -0.2) is 53.7 Å². The number of morpholine rings is 1. The predicted molar refractivity (Wildman–Crippen MR) is 70.0 cm³/mol. The van der Waals surface area contributed by atoms with Crippen molar-refractivity contribution in [1.82, 2.24) is 9.27 Å². The van der Waals surface area contributed by atoms with E-state index in [1.807, 2.05) is 0 Å². The molecule has 0 saturated carbocycles. The van der Waals surface area contributed by atoms with Gasteiger partial charge < -0.3 is 14.4 Å². The molecule has 2 atom stereocenters. The number of carbonyl (C=O) groups is 1. The normalized spacial score (nSPS) is 27.1. The Kier molecular flexibility index (Phi) is 3.62. The van der Waals surface area contributed by atoms with Crippen LogP contribution in [0.2, 0.25) is 5.02 Å². The van der Waals surface area contributed by atoms with Gasteiger partial charge in [-0.05, 0) is 6.42 Å². The number of carbonyl (C=O) groups excluding carboxylic acids is 1. The molecule has 8 heteroatoms. The molecule has 2 aliphatic rings. The van der Waals surface area contributed by atoms with Crippen molar-refractivity contribution in [3.05, 3.63) is 20.3 Å². The summed E-state index contributed by atoms with van der Waals surface area (Å²) < 4.78 is 13.5. The second-order valence-electron chi connectivity index (χ2n) is 4.52. The third-order valence-electron chi connectivity index (χ3n) is 3.43. The quantitative estimate of drug-likeness (QED) is 0.830. The fourth-order valence-electron chi connectivity index (χ4n) is 2.49. The maximum absolute atomic E-state index is 12.5. The van der Waals surface area contributed by atoms with Gasteiger partial charge in [-0.25, -0.2) is 0 Å². The topological polar surface area (TPSA) is 71.6 Å². The molecular weight excluding hydrogens is 292 g/mol. The maximum Gasteiger partial charge on any atom is 0.277 e. The molecule has 2 aliphatic heterocycles. The molecule has 6 nitrogen and oxygen atoms in total. The summed E-state index contributed by atoms with van der Waals surface area (Å²) in [7, 11) is 0. The van der Waals surface area contributed by atoms with Gasteiger partial charge in [0.2, 0.25) is 0 Å². The maximum atomic E-state index is 12.5. The van der Waals surface area contributed by atoms with E-state index in [0.29, 0.717) is 26.4 Å². The van der Waals surface area contributed by atoms with Gasteiger partial charge in [-0.2, -0.15) is 0 Å². The van der Waals surface area contributed by atoms with Gasteiger partial charge in [0, 0.05) is 13.2 Å². The van der Waals surface area contributed by atoms with E-state index < -0.39 is 5.56 Å².